The second kappa shape index (κ2) is 8.68. The molecule has 0 aromatic heterocycles. The Kier molecular flexibility index (Phi) is 6.08. The Bertz CT molecular complexity index is 875. The highest BCUT2D eigenvalue weighted by molar-refractivity contribution is 8.18. The van der Waals surface area contributed by atoms with Crippen LogP contribution in [0.25, 0.3) is 6.08 Å². The maximum Gasteiger partial charge on any atom is 0.293 e. The normalized spacial score (nSPS) is 15.4. The molecule has 0 spiro atoms. The molecule has 0 bridgehead atoms. The summed E-state index contributed by atoms with van der Waals surface area (Å²) in [5.74, 6) is 0.0488. The first-order chi connectivity index (χ1) is 13.1. The summed E-state index contributed by atoms with van der Waals surface area (Å²) in [5, 5.41) is -0.432. The number of Topliss-reactive ketones (excluding diaryl/α,β-unsaturated/α-hetero) is 1. The van der Waals surface area contributed by atoms with Gasteiger partial charge in [0.15, 0.2) is 5.78 Å². The maximum absolute atomic E-state index is 12.5. The first kappa shape index (κ1) is 18.9. The summed E-state index contributed by atoms with van der Waals surface area (Å²) in [5.41, 5.74) is 1.27. The van der Waals surface area contributed by atoms with Crippen molar-refractivity contribution in [3.05, 3.63) is 70.6 Å². The predicted octanol–water partition coefficient (Wildman–Crippen LogP) is 4.39. The number of carbonyl (C=O) groups is 3. The molecule has 0 unspecified atom stereocenters. The molecule has 1 aliphatic heterocycles. The van der Waals surface area contributed by atoms with Gasteiger partial charge in [-0.2, -0.15) is 0 Å². The highest BCUT2D eigenvalue weighted by Gasteiger charge is 2.36. The average molecular weight is 381 g/mol. The van der Waals surface area contributed by atoms with Crippen LogP contribution in [-0.2, 0) is 4.79 Å². The minimum Gasteiger partial charge on any atom is -0.494 e. The van der Waals surface area contributed by atoms with Gasteiger partial charge in [-0.05, 0) is 42.0 Å². The van der Waals surface area contributed by atoms with Crippen molar-refractivity contribution in [1.82, 2.24) is 4.90 Å². The van der Waals surface area contributed by atoms with E-state index in [2.05, 4.69) is 0 Å². The molecule has 0 saturated carbocycles. The van der Waals surface area contributed by atoms with Gasteiger partial charge in [-0.1, -0.05) is 49.4 Å². The molecule has 2 amide bonds. The van der Waals surface area contributed by atoms with Gasteiger partial charge in [0.1, 0.15) is 5.75 Å². The van der Waals surface area contributed by atoms with Crippen molar-refractivity contribution >= 4 is 34.8 Å². The van der Waals surface area contributed by atoms with E-state index >= 15 is 0 Å². The molecule has 3 rings (SSSR count). The van der Waals surface area contributed by atoms with Crippen molar-refractivity contribution in [3.8, 4) is 5.75 Å². The lowest BCUT2D eigenvalue weighted by atomic mass is 10.1. The zero-order valence-electron chi connectivity index (χ0n) is 14.9. The van der Waals surface area contributed by atoms with E-state index in [-0.39, 0.29) is 12.3 Å². The van der Waals surface area contributed by atoms with Crippen LogP contribution >= 0.6 is 11.8 Å². The molecule has 27 heavy (non-hydrogen) atoms. The van der Waals surface area contributed by atoms with Gasteiger partial charge in [0, 0.05) is 5.56 Å². The summed E-state index contributed by atoms with van der Waals surface area (Å²) in [7, 11) is 0. The first-order valence-corrected chi connectivity index (χ1v) is 9.46. The lowest BCUT2D eigenvalue weighted by Gasteiger charge is -2.11. The molecule has 0 N–H and O–H groups in total. The molecular formula is C21H19NO4S. The van der Waals surface area contributed by atoms with E-state index in [0.717, 1.165) is 34.4 Å². The second-order valence-corrected chi connectivity index (χ2v) is 6.97. The number of ether oxygens (including phenoxy) is 1. The Morgan fingerprint density at radius 3 is 2.44 bits per heavy atom. The van der Waals surface area contributed by atoms with Gasteiger partial charge in [0.25, 0.3) is 11.1 Å². The third kappa shape index (κ3) is 4.65. The van der Waals surface area contributed by atoms with Gasteiger partial charge in [-0.25, -0.2) is 0 Å². The van der Waals surface area contributed by atoms with Gasteiger partial charge in [0.2, 0.25) is 0 Å². The van der Waals surface area contributed by atoms with Crippen LogP contribution in [0.15, 0.2) is 59.5 Å². The van der Waals surface area contributed by atoms with Crippen LogP contribution in [0.2, 0.25) is 0 Å². The van der Waals surface area contributed by atoms with Crippen LogP contribution in [0.3, 0.4) is 0 Å². The Balaban J connectivity index is 1.70. The SMILES string of the molecule is CCCOc1ccc(/C=C2\SC(=O)N(CC(=O)c3ccccc3)C2=O)cc1. The number of hydrogen-bond donors (Lipinski definition) is 0. The first-order valence-electron chi connectivity index (χ1n) is 8.65. The molecule has 0 aliphatic carbocycles. The van der Waals surface area contributed by atoms with Crippen LogP contribution in [0.5, 0.6) is 5.75 Å². The number of hydrogen-bond acceptors (Lipinski definition) is 5. The number of ketones is 1. The molecular weight excluding hydrogens is 362 g/mol. The second-order valence-electron chi connectivity index (χ2n) is 5.97. The van der Waals surface area contributed by atoms with E-state index in [1.54, 1.807) is 36.4 Å². The van der Waals surface area contributed by atoms with Crippen molar-refractivity contribution in [2.45, 2.75) is 13.3 Å². The monoisotopic (exact) mass is 381 g/mol. The highest BCUT2D eigenvalue weighted by atomic mass is 32.2. The van der Waals surface area contributed by atoms with Gasteiger partial charge in [0.05, 0.1) is 18.1 Å². The minimum absolute atomic E-state index is 0.254. The fraction of sp³-hybridized carbons (Fsp3) is 0.190. The molecule has 2 aromatic carbocycles. The average Bonchev–Trinajstić information content (AvgIpc) is 2.95. The molecule has 1 heterocycles. The largest absolute Gasteiger partial charge is 0.494 e. The molecule has 1 saturated heterocycles. The number of benzene rings is 2. The molecule has 0 radical (unpaired) electrons. The van der Waals surface area contributed by atoms with Crippen LogP contribution in [0, 0.1) is 0 Å². The lowest BCUT2D eigenvalue weighted by molar-refractivity contribution is -0.122. The van der Waals surface area contributed by atoms with Crippen LogP contribution < -0.4 is 4.74 Å². The number of nitrogens with zero attached hydrogens (tertiary/aromatic N) is 1. The van der Waals surface area contributed by atoms with E-state index in [1.807, 2.05) is 31.2 Å². The Hall–Kier alpha value is -2.86. The molecule has 5 nitrogen and oxygen atoms in total. The number of amides is 2. The smallest absolute Gasteiger partial charge is 0.293 e. The maximum atomic E-state index is 12.5. The Morgan fingerprint density at radius 2 is 1.78 bits per heavy atom. The van der Waals surface area contributed by atoms with Gasteiger partial charge < -0.3 is 4.74 Å². The molecule has 2 aromatic rings. The van der Waals surface area contributed by atoms with Crippen molar-refractivity contribution in [3.63, 3.8) is 0 Å². The molecule has 6 heteroatoms. The summed E-state index contributed by atoms with van der Waals surface area (Å²) in [4.78, 5) is 38.3. The van der Waals surface area contributed by atoms with E-state index in [4.69, 9.17) is 4.74 Å². The third-order valence-electron chi connectivity index (χ3n) is 3.92. The summed E-state index contributed by atoms with van der Waals surface area (Å²) >= 11 is 0.847. The molecule has 138 valence electrons. The van der Waals surface area contributed by atoms with E-state index < -0.39 is 11.1 Å². The Morgan fingerprint density at radius 1 is 1.07 bits per heavy atom. The number of carbonyl (C=O) groups excluding carboxylic acids is 3. The van der Waals surface area contributed by atoms with Gasteiger partial charge in [-0.15, -0.1) is 0 Å². The fourth-order valence-electron chi connectivity index (χ4n) is 2.53. The zero-order valence-corrected chi connectivity index (χ0v) is 15.7. The quantitative estimate of drug-likeness (QED) is 0.526. The minimum atomic E-state index is -0.444. The van der Waals surface area contributed by atoms with E-state index in [0.29, 0.717) is 17.1 Å². The predicted molar refractivity (Wildman–Crippen MR) is 106 cm³/mol. The molecule has 1 fully saturated rings. The summed E-state index contributed by atoms with van der Waals surface area (Å²) in [6.45, 7) is 2.43. The standard InChI is InChI=1S/C21H19NO4S/c1-2-12-26-17-10-8-15(9-11-17)13-19-20(24)22(21(25)27-19)14-18(23)16-6-4-3-5-7-16/h3-11,13H,2,12,14H2,1H3/b19-13-. The molecule has 0 atom stereocenters. The van der Waals surface area contributed by atoms with Crippen LogP contribution in [0.4, 0.5) is 4.79 Å². The van der Waals surface area contributed by atoms with Crippen LogP contribution in [0.1, 0.15) is 29.3 Å². The number of imide groups is 1. The van der Waals surface area contributed by atoms with Crippen LogP contribution in [-0.4, -0.2) is 35.0 Å². The van der Waals surface area contributed by atoms with Crippen molar-refractivity contribution < 1.29 is 19.1 Å². The third-order valence-corrected chi connectivity index (χ3v) is 4.83. The fourth-order valence-corrected chi connectivity index (χ4v) is 3.37. The van der Waals surface area contributed by atoms with Gasteiger partial charge >= 0.3 is 0 Å². The number of rotatable bonds is 7. The van der Waals surface area contributed by atoms with Gasteiger partial charge in [-0.3, -0.25) is 19.3 Å². The Labute approximate surface area is 162 Å². The van der Waals surface area contributed by atoms with Crippen molar-refractivity contribution in [1.29, 1.82) is 0 Å². The summed E-state index contributed by atoms with van der Waals surface area (Å²) < 4.78 is 5.53. The number of thioether (sulfide) groups is 1. The molecule has 1 aliphatic rings. The van der Waals surface area contributed by atoms with E-state index in [1.165, 1.54) is 0 Å². The lowest BCUT2D eigenvalue weighted by Crippen LogP contribution is -2.33. The topological polar surface area (TPSA) is 63.7 Å². The van der Waals surface area contributed by atoms with E-state index in [9.17, 15) is 14.4 Å². The summed E-state index contributed by atoms with van der Waals surface area (Å²) in [6.07, 6.45) is 2.58. The van der Waals surface area contributed by atoms with Crippen molar-refractivity contribution in [2.24, 2.45) is 0 Å². The zero-order chi connectivity index (χ0) is 19.2. The highest BCUT2D eigenvalue weighted by Crippen LogP contribution is 2.32. The van der Waals surface area contributed by atoms with Crippen molar-refractivity contribution in [2.75, 3.05) is 13.2 Å². The summed E-state index contributed by atoms with van der Waals surface area (Å²) in [6, 6.07) is 15.9.